The Labute approximate surface area is 173 Å². The number of aromatic amines is 1. The van der Waals surface area contributed by atoms with Gasteiger partial charge < -0.3 is 15.6 Å². The molecule has 2 aromatic heterocycles. The number of H-pyrrole nitrogens is 1. The molecular formula is C20H16F2IN5. The van der Waals surface area contributed by atoms with Gasteiger partial charge in [-0.1, -0.05) is 22.6 Å². The van der Waals surface area contributed by atoms with Crippen molar-refractivity contribution < 1.29 is 8.78 Å². The SMILES string of the molecule is Cc1cc2c(F)c(Nc3ccnc(Nc4ccc(F)cc4CI)n3)ccc2[nH]1. The summed E-state index contributed by atoms with van der Waals surface area (Å²) < 4.78 is 28.8. The third-order valence-corrected chi connectivity index (χ3v) is 5.07. The normalized spacial score (nSPS) is 11.0. The van der Waals surface area contributed by atoms with Gasteiger partial charge in [0.2, 0.25) is 5.95 Å². The zero-order valence-corrected chi connectivity index (χ0v) is 17.0. The van der Waals surface area contributed by atoms with Crippen molar-refractivity contribution in [1.82, 2.24) is 15.0 Å². The average molecular weight is 491 g/mol. The Morgan fingerprint density at radius 2 is 1.86 bits per heavy atom. The highest BCUT2D eigenvalue weighted by Crippen LogP contribution is 2.28. The molecule has 5 nitrogen and oxygen atoms in total. The van der Waals surface area contributed by atoms with E-state index in [-0.39, 0.29) is 11.6 Å². The molecule has 0 spiro atoms. The van der Waals surface area contributed by atoms with E-state index in [4.69, 9.17) is 0 Å². The maximum atomic E-state index is 14.8. The fourth-order valence-corrected chi connectivity index (χ4v) is 3.58. The van der Waals surface area contributed by atoms with Crippen molar-refractivity contribution >= 4 is 56.6 Å². The van der Waals surface area contributed by atoms with E-state index in [0.29, 0.717) is 27.3 Å². The predicted molar refractivity (Wildman–Crippen MR) is 116 cm³/mol. The number of anilines is 4. The van der Waals surface area contributed by atoms with Crippen molar-refractivity contribution in [1.29, 1.82) is 0 Å². The van der Waals surface area contributed by atoms with Gasteiger partial charge in [0.15, 0.2) is 5.82 Å². The number of hydrogen-bond donors (Lipinski definition) is 3. The summed E-state index contributed by atoms with van der Waals surface area (Å²) in [4.78, 5) is 11.7. The number of aromatic nitrogens is 3. The van der Waals surface area contributed by atoms with E-state index in [9.17, 15) is 8.78 Å². The number of alkyl halides is 1. The van der Waals surface area contributed by atoms with Crippen molar-refractivity contribution in [2.24, 2.45) is 0 Å². The Kier molecular flexibility index (Phi) is 5.12. The van der Waals surface area contributed by atoms with Crippen molar-refractivity contribution in [3.63, 3.8) is 0 Å². The zero-order valence-electron chi connectivity index (χ0n) is 14.9. The fourth-order valence-electron chi connectivity index (χ4n) is 2.95. The Bertz CT molecular complexity index is 1160. The number of hydrogen-bond acceptors (Lipinski definition) is 4. The van der Waals surface area contributed by atoms with E-state index in [1.807, 2.05) is 13.0 Å². The number of fused-ring (bicyclic) bond motifs is 1. The van der Waals surface area contributed by atoms with Crippen LogP contribution in [0.3, 0.4) is 0 Å². The highest BCUT2D eigenvalue weighted by atomic mass is 127. The van der Waals surface area contributed by atoms with Crippen LogP contribution in [-0.2, 0) is 4.43 Å². The predicted octanol–water partition coefficient (Wildman–Crippen LogP) is 5.97. The number of nitrogens with zero attached hydrogens (tertiary/aromatic N) is 2. The van der Waals surface area contributed by atoms with Crippen molar-refractivity contribution in [3.05, 3.63) is 71.6 Å². The molecule has 0 saturated carbocycles. The second-order valence-electron chi connectivity index (χ2n) is 6.29. The number of nitrogens with one attached hydrogen (secondary N) is 3. The fraction of sp³-hybridized carbons (Fsp3) is 0.100. The van der Waals surface area contributed by atoms with Gasteiger partial charge in [-0.15, -0.1) is 0 Å². The van der Waals surface area contributed by atoms with Gasteiger partial charge in [-0.05, 0) is 55.0 Å². The van der Waals surface area contributed by atoms with E-state index >= 15 is 0 Å². The minimum Gasteiger partial charge on any atom is -0.359 e. The smallest absolute Gasteiger partial charge is 0.229 e. The first kappa shape index (κ1) is 18.6. The average Bonchev–Trinajstić information content (AvgIpc) is 3.07. The van der Waals surface area contributed by atoms with Crippen LogP contribution < -0.4 is 10.6 Å². The molecule has 0 fully saturated rings. The molecule has 0 atom stereocenters. The van der Waals surface area contributed by atoms with Crippen LogP contribution in [0.4, 0.5) is 31.9 Å². The van der Waals surface area contributed by atoms with Crippen molar-refractivity contribution in [2.45, 2.75) is 11.4 Å². The minimum atomic E-state index is -0.347. The van der Waals surface area contributed by atoms with E-state index in [2.05, 4.69) is 48.2 Å². The Morgan fingerprint density at radius 1 is 1.04 bits per heavy atom. The van der Waals surface area contributed by atoms with Crippen LogP contribution in [0.2, 0.25) is 0 Å². The molecule has 4 aromatic rings. The molecule has 0 radical (unpaired) electrons. The van der Waals surface area contributed by atoms with Crippen LogP contribution in [0.25, 0.3) is 10.9 Å². The van der Waals surface area contributed by atoms with Crippen molar-refractivity contribution in [3.8, 4) is 0 Å². The molecule has 2 heterocycles. The molecule has 0 aliphatic heterocycles. The third-order valence-electron chi connectivity index (χ3n) is 4.25. The van der Waals surface area contributed by atoms with Gasteiger partial charge >= 0.3 is 0 Å². The highest BCUT2D eigenvalue weighted by Gasteiger charge is 2.11. The number of benzene rings is 2. The first-order chi connectivity index (χ1) is 13.5. The Balaban J connectivity index is 1.60. The lowest BCUT2D eigenvalue weighted by molar-refractivity contribution is 0.627. The van der Waals surface area contributed by atoms with Gasteiger partial charge in [-0.3, -0.25) is 0 Å². The first-order valence-corrected chi connectivity index (χ1v) is 10.1. The minimum absolute atomic E-state index is 0.292. The second kappa shape index (κ2) is 7.70. The molecule has 0 amide bonds. The zero-order chi connectivity index (χ0) is 19.7. The highest BCUT2D eigenvalue weighted by molar-refractivity contribution is 14.1. The van der Waals surface area contributed by atoms with E-state index in [0.717, 1.165) is 22.5 Å². The van der Waals surface area contributed by atoms with Gasteiger partial charge in [-0.25, -0.2) is 13.8 Å². The Hall–Kier alpha value is -2.75. The van der Waals surface area contributed by atoms with Gasteiger partial charge in [0, 0.05) is 32.9 Å². The topological polar surface area (TPSA) is 65.6 Å². The summed E-state index contributed by atoms with van der Waals surface area (Å²) in [6, 6.07) is 11.4. The number of aryl methyl sites for hydroxylation is 1. The summed E-state index contributed by atoms with van der Waals surface area (Å²) in [5.41, 5.74) is 3.49. The van der Waals surface area contributed by atoms with Crippen LogP contribution in [0.1, 0.15) is 11.3 Å². The summed E-state index contributed by atoms with van der Waals surface area (Å²) in [5.74, 6) is 0.142. The summed E-state index contributed by atoms with van der Waals surface area (Å²) in [7, 11) is 0. The maximum absolute atomic E-state index is 14.8. The van der Waals surface area contributed by atoms with Crippen molar-refractivity contribution in [2.75, 3.05) is 10.6 Å². The largest absolute Gasteiger partial charge is 0.359 e. The summed E-state index contributed by atoms with van der Waals surface area (Å²) in [6.07, 6.45) is 1.57. The summed E-state index contributed by atoms with van der Waals surface area (Å²) in [6.45, 7) is 1.88. The molecule has 0 unspecified atom stereocenters. The number of rotatable bonds is 5. The second-order valence-corrected chi connectivity index (χ2v) is 7.05. The van der Waals surface area contributed by atoms with Crippen LogP contribution in [-0.4, -0.2) is 15.0 Å². The molecule has 142 valence electrons. The van der Waals surface area contributed by atoms with Gasteiger partial charge in [0.1, 0.15) is 11.6 Å². The third kappa shape index (κ3) is 3.77. The monoisotopic (exact) mass is 491 g/mol. The van der Waals surface area contributed by atoms with E-state index < -0.39 is 0 Å². The van der Waals surface area contributed by atoms with Gasteiger partial charge in [0.25, 0.3) is 0 Å². The quantitative estimate of drug-likeness (QED) is 0.238. The van der Waals surface area contributed by atoms with E-state index in [1.165, 1.54) is 12.1 Å². The van der Waals surface area contributed by atoms with Crippen LogP contribution in [0.15, 0.2) is 48.7 Å². The molecule has 2 aromatic carbocycles. The molecule has 3 N–H and O–H groups in total. The van der Waals surface area contributed by atoms with E-state index in [1.54, 1.807) is 30.5 Å². The summed E-state index contributed by atoms with van der Waals surface area (Å²) >= 11 is 2.17. The van der Waals surface area contributed by atoms with Crippen LogP contribution in [0.5, 0.6) is 0 Å². The lowest BCUT2D eigenvalue weighted by Crippen LogP contribution is -2.03. The number of halogens is 3. The van der Waals surface area contributed by atoms with Crippen LogP contribution in [0, 0.1) is 18.6 Å². The molecule has 0 bridgehead atoms. The Morgan fingerprint density at radius 3 is 2.68 bits per heavy atom. The molecule has 8 heteroatoms. The van der Waals surface area contributed by atoms with Crippen LogP contribution >= 0.6 is 22.6 Å². The molecule has 28 heavy (non-hydrogen) atoms. The molecule has 0 aliphatic rings. The molecular weight excluding hydrogens is 475 g/mol. The lowest BCUT2D eigenvalue weighted by atomic mass is 10.2. The molecule has 0 saturated heterocycles. The standard InChI is InChI=1S/C20H16F2IN5/c1-11-8-14-16(25-11)4-5-17(19(14)22)26-18-6-7-24-20(28-18)27-15-3-2-13(21)9-12(15)10-23/h2-9,25H,10H2,1H3,(H2,24,26,27,28). The first-order valence-electron chi connectivity index (χ1n) is 8.53. The molecule has 4 rings (SSSR count). The summed E-state index contributed by atoms with van der Waals surface area (Å²) in [5, 5.41) is 6.61. The molecule has 0 aliphatic carbocycles. The van der Waals surface area contributed by atoms with Gasteiger partial charge in [0.05, 0.1) is 5.69 Å². The van der Waals surface area contributed by atoms with Gasteiger partial charge in [-0.2, -0.15) is 4.98 Å². The maximum Gasteiger partial charge on any atom is 0.229 e. The lowest BCUT2D eigenvalue weighted by Gasteiger charge is -2.11.